The molecule has 0 aliphatic rings. The molecule has 82 valence electrons. The van der Waals surface area contributed by atoms with E-state index in [1.54, 1.807) is 6.20 Å². The molecule has 3 nitrogen and oxygen atoms in total. The van der Waals surface area contributed by atoms with Gasteiger partial charge >= 0.3 is 0 Å². The molecule has 15 heavy (non-hydrogen) atoms. The second-order valence-corrected chi connectivity index (χ2v) is 3.51. The molecule has 0 aliphatic carbocycles. The smallest absolute Gasteiger partial charge is 0.128 e. The average molecular weight is 205 g/mol. The predicted molar refractivity (Wildman–Crippen MR) is 64.5 cm³/mol. The molecule has 0 bridgehead atoms. The molecule has 0 radical (unpaired) electrons. The summed E-state index contributed by atoms with van der Waals surface area (Å²) < 4.78 is 0. The van der Waals surface area contributed by atoms with Gasteiger partial charge in [0, 0.05) is 17.8 Å². The summed E-state index contributed by atoms with van der Waals surface area (Å²) in [7, 11) is 0. The molecule has 1 unspecified atom stereocenters. The van der Waals surface area contributed by atoms with E-state index in [-0.39, 0.29) is 6.04 Å². The number of nitrogens with one attached hydrogen (secondary N) is 1. The van der Waals surface area contributed by atoms with Crippen LogP contribution < -0.4 is 11.1 Å². The highest BCUT2D eigenvalue weighted by atomic mass is 14.9. The first-order valence-corrected chi connectivity index (χ1v) is 5.34. The van der Waals surface area contributed by atoms with Crippen molar-refractivity contribution < 1.29 is 0 Å². The average Bonchev–Trinajstić information content (AvgIpc) is 2.25. The first-order chi connectivity index (χ1) is 7.29. The summed E-state index contributed by atoms with van der Waals surface area (Å²) >= 11 is 0. The van der Waals surface area contributed by atoms with Crippen molar-refractivity contribution in [2.75, 3.05) is 12.3 Å². The van der Waals surface area contributed by atoms with Crippen LogP contribution in [0.2, 0.25) is 0 Å². The minimum Gasteiger partial charge on any atom is -0.383 e. The number of nitrogen functional groups attached to an aromatic ring is 1. The van der Waals surface area contributed by atoms with Crippen molar-refractivity contribution in [2.45, 2.75) is 25.8 Å². The molecule has 3 heteroatoms. The zero-order valence-electron chi connectivity index (χ0n) is 9.24. The Kier molecular flexibility index (Phi) is 4.84. The van der Waals surface area contributed by atoms with Crippen LogP contribution >= 0.6 is 0 Å². The van der Waals surface area contributed by atoms with Gasteiger partial charge in [-0.2, -0.15) is 0 Å². The van der Waals surface area contributed by atoms with E-state index in [2.05, 4.69) is 23.8 Å². The lowest BCUT2D eigenvalue weighted by Gasteiger charge is -2.18. The normalized spacial score (nSPS) is 12.3. The minimum atomic E-state index is 0.233. The summed E-state index contributed by atoms with van der Waals surface area (Å²) in [5.41, 5.74) is 6.90. The fourth-order valence-electron chi connectivity index (χ4n) is 1.53. The number of hydrogen-bond acceptors (Lipinski definition) is 3. The number of nitrogens with two attached hydrogens (primary N) is 1. The van der Waals surface area contributed by atoms with Crippen molar-refractivity contribution in [3.05, 3.63) is 36.5 Å². The lowest BCUT2D eigenvalue weighted by molar-refractivity contribution is 0.537. The zero-order chi connectivity index (χ0) is 11.1. The molecule has 1 aromatic heterocycles. The van der Waals surface area contributed by atoms with Crippen LogP contribution in [-0.2, 0) is 0 Å². The van der Waals surface area contributed by atoms with Gasteiger partial charge < -0.3 is 11.1 Å². The zero-order valence-corrected chi connectivity index (χ0v) is 9.24. The Morgan fingerprint density at radius 2 is 2.47 bits per heavy atom. The maximum absolute atomic E-state index is 5.84. The SMILES string of the molecule is C=CCC(NCCC)c1cccnc1N. The Morgan fingerprint density at radius 1 is 1.67 bits per heavy atom. The minimum absolute atomic E-state index is 0.233. The van der Waals surface area contributed by atoms with Crippen molar-refractivity contribution in [2.24, 2.45) is 0 Å². The highest BCUT2D eigenvalue weighted by Gasteiger charge is 2.11. The Hall–Kier alpha value is -1.35. The summed E-state index contributed by atoms with van der Waals surface area (Å²) in [6, 6.07) is 4.16. The molecule has 1 rings (SSSR count). The molecule has 0 aliphatic heterocycles. The van der Waals surface area contributed by atoms with E-state index < -0.39 is 0 Å². The molecule has 0 saturated carbocycles. The van der Waals surface area contributed by atoms with E-state index in [1.165, 1.54) is 0 Å². The van der Waals surface area contributed by atoms with Gasteiger partial charge in [-0.15, -0.1) is 6.58 Å². The predicted octanol–water partition coefficient (Wildman–Crippen LogP) is 2.28. The molecule has 0 fully saturated rings. The highest BCUT2D eigenvalue weighted by Crippen LogP contribution is 2.21. The van der Waals surface area contributed by atoms with Gasteiger partial charge in [-0.25, -0.2) is 4.98 Å². The number of pyridine rings is 1. The Morgan fingerprint density at radius 3 is 3.07 bits per heavy atom. The Labute approximate surface area is 91.4 Å². The van der Waals surface area contributed by atoms with Gasteiger partial charge in [-0.05, 0) is 25.5 Å². The summed E-state index contributed by atoms with van der Waals surface area (Å²) in [6.07, 6.45) is 5.59. The number of rotatable bonds is 6. The monoisotopic (exact) mass is 205 g/mol. The van der Waals surface area contributed by atoms with Gasteiger partial charge in [0.1, 0.15) is 5.82 Å². The van der Waals surface area contributed by atoms with Gasteiger partial charge in [-0.3, -0.25) is 0 Å². The molecule has 3 N–H and O–H groups in total. The second kappa shape index (κ2) is 6.19. The third-order valence-electron chi connectivity index (χ3n) is 2.29. The number of nitrogens with zero attached hydrogens (tertiary/aromatic N) is 1. The molecule has 1 aromatic rings. The first kappa shape index (κ1) is 11.7. The van der Waals surface area contributed by atoms with Crippen LogP contribution in [0.5, 0.6) is 0 Å². The first-order valence-electron chi connectivity index (χ1n) is 5.34. The third-order valence-corrected chi connectivity index (χ3v) is 2.29. The largest absolute Gasteiger partial charge is 0.383 e. The molecule has 0 spiro atoms. The van der Waals surface area contributed by atoms with Crippen molar-refractivity contribution in [1.29, 1.82) is 0 Å². The lowest BCUT2D eigenvalue weighted by atomic mass is 10.0. The van der Waals surface area contributed by atoms with E-state index >= 15 is 0 Å². The fraction of sp³-hybridized carbons (Fsp3) is 0.417. The standard InChI is InChI=1S/C12H19N3/c1-3-6-11(14-8-4-2)10-7-5-9-15-12(10)13/h3,5,7,9,11,14H,1,4,6,8H2,2H3,(H2,13,15). The van der Waals surface area contributed by atoms with Gasteiger partial charge in [0.05, 0.1) is 0 Å². The van der Waals surface area contributed by atoms with Crippen LogP contribution in [0.1, 0.15) is 31.4 Å². The molecular weight excluding hydrogens is 186 g/mol. The van der Waals surface area contributed by atoms with Crippen LogP contribution in [0.15, 0.2) is 31.0 Å². The summed E-state index contributed by atoms with van der Waals surface area (Å²) in [6.45, 7) is 6.88. The maximum atomic E-state index is 5.84. The van der Waals surface area contributed by atoms with Crippen LogP contribution in [0.4, 0.5) is 5.82 Å². The molecule has 0 saturated heterocycles. The maximum Gasteiger partial charge on any atom is 0.128 e. The van der Waals surface area contributed by atoms with Gasteiger partial charge in [-0.1, -0.05) is 19.1 Å². The third kappa shape index (κ3) is 3.36. The molecule has 0 aromatic carbocycles. The second-order valence-electron chi connectivity index (χ2n) is 3.51. The van der Waals surface area contributed by atoms with Crippen LogP contribution in [0, 0.1) is 0 Å². The summed E-state index contributed by atoms with van der Waals surface area (Å²) in [5, 5.41) is 3.44. The molecule has 1 heterocycles. The topological polar surface area (TPSA) is 50.9 Å². The highest BCUT2D eigenvalue weighted by molar-refractivity contribution is 5.41. The number of aromatic nitrogens is 1. The molecule has 0 amide bonds. The van der Waals surface area contributed by atoms with Crippen LogP contribution in [0.25, 0.3) is 0 Å². The van der Waals surface area contributed by atoms with Crippen LogP contribution in [-0.4, -0.2) is 11.5 Å². The van der Waals surface area contributed by atoms with Crippen molar-refractivity contribution in [3.63, 3.8) is 0 Å². The fourth-order valence-corrected chi connectivity index (χ4v) is 1.53. The van der Waals surface area contributed by atoms with Crippen molar-refractivity contribution in [3.8, 4) is 0 Å². The van der Waals surface area contributed by atoms with Crippen molar-refractivity contribution >= 4 is 5.82 Å². The number of hydrogen-bond donors (Lipinski definition) is 2. The van der Waals surface area contributed by atoms with Gasteiger partial charge in [0.25, 0.3) is 0 Å². The molecular formula is C12H19N3. The summed E-state index contributed by atoms with van der Waals surface area (Å²) in [4.78, 5) is 4.09. The Bertz CT molecular complexity index is 309. The Balaban J connectivity index is 2.78. The van der Waals surface area contributed by atoms with Crippen LogP contribution in [0.3, 0.4) is 0 Å². The van der Waals surface area contributed by atoms with Gasteiger partial charge in [0.2, 0.25) is 0 Å². The van der Waals surface area contributed by atoms with E-state index in [1.807, 2.05) is 18.2 Å². The molecule has 1 atom stereocenters. The van der Waals surface area contributed by atoms with E-state index in [4.69, 9.17) is 5.73 Å². The summed E-state index contributed by atoms with van der Waals surface area (Å²) in [5.74, 6) is 0.605. The van der Waals surface area contributed by atoms with E-state index in [0.29, 0.717) is 5.82 Å². The van der Waals surface area contributed by atoms with E-state index in [9.17, 15) is 0 Å². The lowest BCUT2D eigenvalue weighted by Crippen LogP contribution is -2.22. The quantitative estimate of drug-likeness (QED) is 0.700. The number of anilines is 1. The van der Waals surface area contributed by atoms with Crippen molar-refractivity contribution in [1.82, 2.24) is 10.3 Å². The van der Waals surface area contributed by atoms with Gasteiger partial charge in [0.15, 0.2) is 0 Å². The van der Waals surface area contributed by atoms with E-state index in [0.717, 1.165) is 24.9 Å².